The Balaban J connectivity index is 1.23. The second-order valence-corrected chi connectivity index (χ2v) is 10.5. The summed E-state index contributed by atoms with van der Waals surface area (Å²) in [5, 5.41) is 2.54. The van der Waals surface area contributed by atoms with Crippen LogP contribution in [0.25, 0.3) is 11.0 Å². The number of nitrogens with one attached hydrogen (secondary N) is 1. The SMILES string of the molecule is C=CC(=O)N1C[C@@H]2C[C@H]1CN2c1nc2c(Nc3ccc(OCC4CC(F)(F)C4)c(Cl)c3F)ncnc2cc1F. The zero-order valence-corrected chi connectivity index (χ0v) is 21.3. The predicted molar refractivity (Wildman–Crippen MR) is 137 cm³/mol. The van der Waals surface area contributed by atoms with E-state index in [1.165, 1.54) is 30.6 Å². The first-order valence-electron chi connectivity index (χ1n) is 12.4. The highest BCUT2D eigenvalue weighted by Gasteiger charge is 2.46. The lowest BCUT2D eigenvalue weighted by Crippen LogP contribution is -2.48. The van der Waals surface area contributed by atoms with Gasteiger partial charge in [-0.25, -0.2) is 32.5 Å². The molecule has 2 saturated heterocycles. The number of benzene rings is 1. The number of carbonyl (C=O) groups is 1. The van der Waals surface area contributed by atoms with Crippen molar-refractivity contribution in [3.63, 3.8) is 0 Å². The number of halogens is 5. The van der Waals surface area contributed by atoms with E-state index < -0.39 is 17.6 Å². The van der Waals surface area contributed by atoms with E-state index in [0.29, 0.717) is 19.5 Å². The summed E-state index contributed by atoms with van der Waals surface area (Å²) in [7, 11) is 0. The molecule has 3 fully saturated rings. The molecule has 13 heteroatoms. The minimum absolute atomic E-state index is 0.00813. The number of carbonyl (C=O) groups excluding carboxylic acids is 1. The molecule has 39 heavy (non-hydrogen) atoms. The van der Waals surface area contributed by atoms with Gasteiger partial charge in [-0.15, -0.1) is 0 Å². The van der Waals surface area contributed by atoms with E-state index in [-0.39, 0.29) is 82.5 Å². The number of aromatic nitrogens is 3. The second-order valence-electron chi connectivity index (χ2n) is 10.1. The van der Waals surface area contributed by atoms with Crippen molar-refractivity contribution in [2.24, 2.45) is 5.92 Å². The van der Waals surface area contributed by atoms with Crippen molar-refractivity contribution < 1.29 is 27.1 Å². The van der Waals surface area contributed by atoms with Crippen LogP contribution in [0.15, 0.2) is 37.2 Å². The number of hydrogen-bond donors (Lipinski definition) is 1. The number of hydrogen-bond acceptors (Lipinski definition) is 7. The molecule has 1 amide bonds. The smallest absolute Gasteiger partial charge is 0.248 e. The number of ether oxygens (including phenoxy) is 1. The third kappa shape index (κ3) is 4.60. The highest BCUT2D eigenvalue weighted by atomic mass is 35.5. The molecule has 0 spiro atoms. The van der Waals surface area contributed by atoms with E-state index in [2.05, 4.69) is 26.8 Å². The molecule has 204 valence electrons. The maximum Gasteiger partial charge on any atom is 0.248 e. The highest BCUT2D eigenvalue weighted by molar-refractivity contribution is 6.32. The molecule has 2 aromatic heterocycles. The highest BCUT2D eigenvalue weighted by Crippen LogP contribution is 2.43. The molecule has 6 rings (SSSR count). The summed E-state index contributed by atoms with van der Waals surface area (Å²) in [5.41, 5.74) is 0.400. The van der Waals surface area contributed by atoms with Crippen LogP contribution in [0.1, 0.15) is 19.3 Å². The number of anilines is 3. The predicted octanol–water partition coefficient (Wildman–Crippen LogP) is 5.10. The fraction of sp³-hybridized carbons (Fsp3) is 0.385. The van der Waals surface area contributed by atoms with E-state index in [0.717, 1.165) is 0 Å². The monoisotopic (exact) mass is 562 g/mol. The number of nitrogens with zero attached hydrogens (tertiary/aromatic N) is 5. The van der Waals surface area contributed by atoms with Gasteiger partial charge in [0.25, 0.3) is 0 Å². The van der Waals surface area contributed by atoms with Crippen LogP contribution in [-0.2, 0) is 4.79 Å². The molecule has 1 saturated carbocycles. The zero-order chi connectivity index (χ0) is 27.5. The summed E-state index contributed by atoms with van der Waals surface area (Å²) < 4.78 is 61.9. The Kier molecular flexibility index (Phi) is 6.24. The molecule has 8 nitrogen and oxygen atoms in total. The third-order valence-corrected chi connectivity index (χ3v) is 7.82. The number of alkyl halides is 2. The molecule has 0 radical (unpaired) electrons. The molecule has 0 unspecified atom stereocenters. The molecule has 3 aromatic rings. The maximum atomic E-state index is 15.1. The number of piperazine rings is 1. The summed E-state index contributed by atoms with van der Waals surface area (Å²) in [4.78, 5) is 28.4. The van der Waals surface area contributed by atoms with Gasteiger partial charge in [0, 0.05) is 37.9 Å². The average molecular weight is 563 g/mol. The van der Waals surface area contributed by atoms with Crippen LogP contribution in [0, 0.1) is 17.6 Å². The number of likely N-dealkylation sites (tertiary alicyclic amines) is 1. The Labute approximate surface area is 225 Å². The van der Waals surface area contributed by atoms with Gasteiger partial charge in [-0.2, -0.15) is 0 Å². The number of amides is 1. The van der Waals surface area contributed by atoms with Crippen LogP contribution < -0.4 is 15.0 Å². The molecule has 4 heterocycles. The van der Waals surface area contributed by atoms with Gasteiger partial charge in [0.1, 0.15) is 22.6 Å². The summed E-state index contributed by atoms with van der Waals surface area (Å²) >= 11 is 6.17. The minimum Gasteiger partial charge on any atom is -0.492 e. The Morgan fingerprint density at radius 3 is 2.72 bits per heavy atom. The molecule has 3 aliphatic rings. The van der Waals surface area contributed by atoms with Crippen molar-refractivity contribution >= 4 is 45.9 Å². The van der Waals surface area contributed by atoms with Gasteiger partial charge in [0.2, 0.25) is 11.8 Å². The summed E-state index contributed by atoms with van der Waals surface area (Å²) in [6.45, 7) is 4.40. The quantitative estimate of drug-likeness (QED) is 0.317. The molecule has 2 bridgehead atoms. The van der Waals surface area contributed by atoms with E-state index >= 15 is 8.78 Å². The molecule has 2 atom stereocenters. The van der Waals surface area contributed by atoms with E-state index in [9.17, 15) is 13.6 Å². The zero-order valence-electron chi connectivity index (χ0n) is 20.5. The van der Waals surface area contributed by atoms with Gasteiger partial charge in [-0.05, 0) is 24.6 Å². The maximum absolute atomic E-state index is 15.1. The van der Waals surface area contributed by atoms with Crippen molar-refractivity contribution in [2.75, 3.05) is 29.9 Å². The Morgan fingerprint density at radius 2 is 2.03 bits per heavy atom. The van der Waals surface area contributed by atoms with Gasteiger partial charge in [-0.3, -0.25) is 4.79 Å². The van der Waals surface area contributed by atoms with E-state index in [4.69, 9.17) is 16.3 Å². The van der Waals surface area contributed by atoms with Gasteiger partial charge in [-0.1, -0.05) is 18.2 Å². The molecule has 1 N–H and O–H groups in total. The van der Waals surface area contributed by atoms with Crippen molar-refractivity contribution in [1.82, 2.24) is 19.9 Å². The number of rotatable bonds is 7. The summed E-state index contributed by atoms with van der Waals surface area (Å²) in [5.74, 6) is -4.27. The van der Waals surface area contributed by atoms with Crippen LogP contribution in [0.4, 0.5) is 34.9 Å². The Morgan fingerprint density at radius 1 is 1.23 bits per heavy atom. The Hall–Kier alpha value is -3.67. The van der Waals surface area contributed by atoms with Crippen LogP contribution in [0.5, 0.6) is 5.75 Å². The first kappa shape index (κ1) is 25.6. The fourth-order valence-electron chi connectivity index (χ4n) is 5.54. The van der Waals surface area contributed by atoms with E-state index in [1.54, 1.807) is 4.90 Å². The number of pyridine rings is 1. The normalized spacial score (nSPS) is 21.8. The van der Waals surface area contributed by atoms with Crippen LogP contribution >= 0.6 is 11.6 Å². The first-order chi connectivity index (χ1) is 18.6. The Bertz CT molecular complexity index is 1480. The van der Waals surface area contributed by atoms with Gasteiger partial charge in [0.05, 0.1) is 29.9 Å². The largest absolute Gasteiger partial charge is 0.492 e. The molecule has 1 aliphatic carbocycles. The fourth-order valence-corrected chi connectivity index (χ4v) is 5.76. The number of fused-ring (bicyclic) bond motifs is 3. The first-order valence-corrected chi connectivity index (χ1v) is 12.8. The van der Waals surface area contributed by atoms with Crippen molar-refractivity contribution in [3.05, 3.63) is 53.8 Å². The molecule has 1 aromatic carbocycles. The standard InChI is InChI=1S/C26H23ClF4N6O2/c1-2-20(38)36-9-15-5-14(36)10-37(15)25-16(28)6-18-23(35-25)24(33-12-32-18)34-17-3-4-19(21(27)22(17)29)39-11-13-7-26(30,31)8-13/h2-4,6,12-15H,1,5,7-11H2,(H,32,33,34)/t14-,15-/m0/s1. The second kappa shape index (κ2) is 9.51. The van der Waals surface area contributed by atoms with Gasteiger partial charge < -0.3 is 19.9 Å². The summed E-state index contributed by atoms with van der Waals surface area (Å²) in [6.07, 6.45) is 2.62. The van der Waals surface area contributed by atoms with Gasteiger partial charge in [0.15, 0.2) is 23.3 Å². The minimum atomic E-state index is -2.67. The lowest BCUT2D eigenvalue weighted by Gasteiger charge is -2.34. The molecule has 2 aliphatic heterocycles. The summed E-state index contributed by atoms with van der Waals surface area (Å²) in [6, 6.07) is 3.89. The molecular formula is C26H23ClF4N6O2. The van der Waals surface area contributed by atoms with Crippen molar-refractivity contribution in [2.45, 2.75) is 37.3 Å². The van der Waals surface area contributed by atoms with Crippen LogP contribution in [-0.4, -0.2) is 63.5 Å². The average Bonchev–Trinajstić information content (AvgIpc) is 3.50. The topological polar surface area (TPSA) is 83.5 Å². The van der Waals surface area contributed by atoms with Crippen LogP contribution in [0.3, 0.4) is 0 Å². The third-order valence-electron chi connectivity index (χ3n) is 7.46. The molecular weight excluding hydrogens is 540 g/mol. The lowest BCUT2D eigenvalue weighted by molar-refractivity contribution is -0.127. The van der Waals surface area contributed by atoms with Crippen molar-refractivity contribution in [3.8, 4) is 5.75 Å². The van der Waals surface area contributed by atoms with Crippen LogP contribution in [0.2, 0.25) is 5.02 Å². The van der Waals surface area contributed by atoms with Crippen molar-refractivity contribution in [1.29, 1.82) is 0 Å². The van der Waals surface area contributed by atoms with Gasteiger partial charge >= 0.3 is 0 Å². The lowest BCUT2D eigenvalue weighted by atomic mass is 9.82. The van der Waals surface area contributed by atoms with E-state index in [1.807, 2.05) is 4.90 Å².